The first-order valence-corrected chi connectivity index (χ1v) is 12.7. The van der Waals surface area contributed by atoms with Crippen molar-refractivity contribution >= 4 is 23.9 Å². The molecule has 3 aromatic rings. The zero-order valence-electron chi connectivity index (χ0n) is 23.5. The Balaban J connectivity index is 1.77. The Morgan fingerprint density at radius 2 is 1.05 bits per heavy atom. The summed E-state index contributed by atoms with van der Waals surface area (Å²) in [5.41, 5.74) is 2.87. The molecule has 216 valence electrons. The Bertz CT molecular complexity index is 1580. The number of benzene rings is 3. The van der Waals surface area contributed by atoms with E-state index < -0.39 is 29.7 Å². The Hall–Kier alpha value is -5.31. The Morgan fingerprint density at radius 1 is 0.595 bits per heavy atom. The molecule has 0 aliphatic rings. The number of esters is 4. The number of rotatable bonds is 11. The number of carbonyl (C=O) groups is 4. The number of carbonyl (C=O) groups excluding carboxylic acids is 4. The van der Waals surface area contributed by atoms with Gasteiger partial charge in [-0.15, -0.1) is 0 Å². The molecule has 0 spiro atoms. The van der Waals surface area contributed by atoms with Gasteiger partial charge < -0.3 is 18.9 Å². The zero-order valence-corrected chi connectivity index (χ0v) is 23.5. The summed E-state index contributed by atoms with van der Waals surface area (Å²) in [6.07, 6.45) is 0. The monoisotopic (exact) mass is 572 g/mol. The number of ether oxygens (including phenoxy) is 4. The van der Waals surface area contributed by atoms with Gasteiger partial charge in [-0.05, 0) is 67.3 Å². The summed E-state index contributed by atoms with van der Waals surface area (Å²) in [4.78, 5) is 47.8. The molecule has 0 saturated carbocycles. The largest absolute Gasteiger partial charge is 0.459 e. The highest BCUT2D eigenvalue weighted by Gasteiger charge is 2.17. The summed E-state index contributed by atoms with van der Waals surface area (Å²) < 4.78 is 35.3. The Labute approximate surface area is 242 Å². The summed E-state index contributed by atoms with van der Waals surface area (Å²) in [6.45, 7) is 14.6. The minimum atomic E-state index is -0.888. The van der Waals surface area contributed by atoms with Crippen LogP contribution in [0.15, 0.2) is 97.1 Å². The highest BCUT2D eigenvalue weighted by Crippen LogP contribution is 2.35. The fourth-order valence-electron chi connectivity index (χ4n) is 3.41. The van der Waals surface area contributed by atoms with Crippen molar-refractivity contribution in [2.45, 2.75) is 20.8 Å². The van der Waals surface area contributed by atoms with Gasteiger partial charge >= 0.3 is 23.9 Å². The van der Waals surface area contributed by atoms with Gasteiger partial charge in [0.05, 0.1) is 5.56 Å². The van der Waals surface area contributed by atoms with E-state index in [-0.39, 0.29) is 47.0 Å². The first kappa shape index (κ1) is 31.2. The van der Waals surface area contributed by atoms with Crippen LogP contribution in [-0.2, 0) is 23.9 Å². The number of hydrogen-bond acceptors (Lipinski definition) is 8. The first-order valence-electron chi connectivity index (χ1n) is 12.7. The van der Waals surface area contributed by atoms with E-state index in [1.807, 2.05) is 0 Å². The van der Waals surface area contributed by atoms with E-state index in [9.17, 15) is 23.6 Å². The van der Waals surface area contributed by atoms with Gasteiger partial charge in [0.15, 0.2) is 11.5 Å². The first-order chi connectivity index (χ1) is 19.9. The van der Waals surface area contributed by atoms with Gasteiger partial charge in [0, 0.05) is 16.7 Å². The average molecular weight is 573 g/mol. The van der Waals surface area contributed by atoms with E-state index in [1.165, 1.54) is 39.0 Å². The number of halogens is 1. The van der Waals surface area contributed by atoms with Crippen molar-refractivity contribution in [3.05, 3.63) is 109 Å². The van der Waals surface area contributed by atoms with E-state index in [0.29, 0.717) is 16.7 Å². The smallest absolute Gasteiger partial charge is 0.341 e. The van der Waals surface area contributed by atoms with Crippen LogP contribution in [0.4, 0.5) is 4.39 Å². The second-order valence-corrected chi connectivity index (χ2v) is 9.33. The molecule has 0 heterocycles. The van der Waals surface area contributed by atoms with Gasteiger partial charge in [-0.3, -0.25) is 0 Å². The molecule has 0 aliphatic heterocycles. The normalized spacial score (nSPS) is 10.3. The predicted octanol–water partition coefficient (Wildman–Crippen LogP) is 6.40. The molecule has 9 heteroatoms. The molecule has 0 N–H and O–H groups in total. The maximum atomic E-state index is 14.8. The van der Waals surface area contributed by atoms with Crippen LogP contribution in [0, 0.1) is 5.82 Å². The maximum Gasteiger partial charge on any atom is 0.341 e. The molecule has 0 fully saturated rings. The summed E-state index contributed by atoms with van der Waals surface area (Å²) in [5, 5.41) is 0. The molecule has 0 radical (unpaired) electrons. The van der Waals surface area contributed by atoms with Gasteiger partial charge in [0.1, 0.15) is 19.0 Å². The van der Waals surface area contributed by atoms with Crippen LogP contribution in [0.2, 0.25) is 0 Å². The topological polar surface area (TPSA) is 105 Å². The second kappa shape index (κ2) is 13.8. The van der Waals surface area contributed by atoms with Gasteiger partial charge in [-0.2, -0.15) is 0 Å². The Kier molecular flexibility index (Phi) is 10.3. The maximum absolute atomic E-state index is 14.8. The van der Waals surface area contributed by atoms with Gasteiger partial charge in [-0.25, -0.2) is 23.6 Å². The molecule has 42 heavy (non-hydrogen) atoms. The van der Waals surface area contributed by atoms with E-state index >= 15 is 0 Å². The van der Waals surface area contributed by atoms with Crippen LogP contribution >= 0.6 is 0 Å². The minimum absolute atomic E-state index is 0.0257. The number of hydrogen-bond donors (Lipinski definition) is 0. The molecule has 0 bridgehead atoms. The lowest BCUT2D eigenvalue weighted by Crippen LogP contribution is -2.15. The summed E-state index contributed by atoms with van der Waals surface area (Å²) in [6, 6.07) is 15.9. The highest BCUT2D eigenvalue weighted by atomic mass is 19.1. The lowest BCUT2D eigenvalue weighted by Gasteiger charge is -2.13. The molecule has 0 unspecified atom stereocenters. The summed E-state index contributed by atoms with van der Waals surface area (Å²) in [5.74, 6) is -3.56. The van der Waals surface area contributed by atoms with Crippen LogP contribution in [0.1, 0.15) is 31.1 Å². The molecule has 8 nitrogen and oxygen atoms in total. The fraction of sp³-hybridized carbons (Fsp3) is 0.152. The van der Waals surface area contributed by atoms with E-state index in [4.69, 9.17) is 18.9 Å². The van der Waals surface area contributed by atoms with Crippen LogP contribution in [-0.4, -0.2) is 37.1 Å². The summed E-state index contributed by atoms with van der Waals surface area (Å²) in [7, 11) is 0. The van der Waals surface area contributed by atoms with Crippen molar-refractivity contribution in [2.24, 2.45) is 0 Å². The second-order valence-electron chi connectivity index (χ2n) is 9.33. The van der Waals surface area contributed by atoms with E-state index in [1.54, 1.807) is 42.5 Å². The molecule has 0 saturated heterocycles. The summed E-state index contributed by atoms with van der Waals surface area (Å²) >= 11 is 0. The molecule has 0 atom stereocenters. The zero-order chi connectivity index (χ0) is 31.0. The predicted molar refractivity (Wildman–Crippen MR) is 154 cm³/mol. The van der Waals surface area contributed by atoms with E-state index in [2.05, 4.69) is 19.7 Å². The van der Waals surface area contributed by atoms with Crippen molar-refractivity contribution in [3.63, 3.8) is 0 Å². The van der Waals surface area contributed by atoms with E-state index in [0.717, 1.165) is 5.56 Å². The Morgan fingerprint density at radius 3 is 1.57 bits per heavy atom. The lowest BCUT2D eigenvalue weighted by molar-refractivity contribution is -0.140. The van der Waals surface area contributed by atoms with Crippen LogP contribution < -0.4 is 9.47 Å². The molecule has 0 amide bonds. The third-order valence-electron chi connectivity index (χ3n) is 5.68. The van der Waals surface area contributed by atoms with Crippen molar-refractivity contribution in [3.8, 4) is 33.8 Å². The standard InChI is InChI=1S/C33H29FO8/c1-19(2)30(35)39-15-16-40-33(38)26-13-11-24(17-27(26)34)22-7-9-23(10-8-22)25-12-14-28(41-31(36)20(3)4)29(18-25)42-32(37)21(5)6/h7-14,17-18H,1,3,5,15-16H2,2,4,6H3. The van der Waals surface area contributed by atoms with Crippen LogP contribution in [0.3, 0.4) is 0 Å². The molecule has 3 rings (SSSR count). The minimum Gasteiger partial charge on any atom is -0.459 e. The van der Waals surface area contributed by atoms with Crippen LogP contribution in [0.5, 0.6) is 11.5 Å². The quantitative estimate of drug-likeness (QED) is 0.113. The molecular formula is C33H29FO8. The third-order valence-corrected chi connectivity index (χ3v) is 5.68. The lowest BCUT2D eigenvalue weighted by atomic mass is 9.99. The van der Waals surface area contributed by atoms with Crippen molar-refractivity contribution in [1.82, 2.24) is 0 Å². The highest BCUT2D eigenvalue weighted by molar-refractivity contribution is 5.92. The third kappa shape index (κ3) is 8.11. The molecule has 0 aromatic heterocycles. The van der Waals surface area contributed by atoms with Gasteiger partial charge in [0.2, 0.25) is 0 Å². The molecule has 3 aromatic carbocycles. The van der Waals surface area contributed by atoms with Crippen molar-refractivity contribution in [1.29, 1.82) is 0 Å². The van der Waals surface area contributed by atoms with Crippen molar-refractivity contribution in [2.75, 3.05) is 13.2 Å². The molecule has 0 aliphatic carbocycles. The molecular weight excluding hydrogens is 543 g/mol. The van der Waals surface area contributed by atoms with Gasteiger partial charge in [-0.1, -0.05) is 56.1 Å². The fourth-order valence-corrected chi connectivity index (χ4v) is 3.41. The average Bonchev–Trinajstić information content (AvgIpc) is 2.95. The van der Waals surface area contributed by atoms with Crippen molar-refractivity contribution < 1.29 is 42.5 Å². The van der Waals surface area contributed by atoms with Crippen LogP contribution in [0.25, 0.3) is 22.3 Å². The van der Waals surface area contributed by atoms with Gasteiger partial charge in [0.25, 0.3) is 0 Å². The SMILES string of the molecule is C=C(C)C(=O)OCCOC(=O)c1ccc(-c2ccc(-c3ccc(OC(=O)C(=C)C)c(OC(=O)C(=C)C)c3)cc2)cc1F.